The summed E-state index contributed by atoms with van der Waals surface area (Å²) in [6.45, 7) is 5.70. The largest absolute Gasteiger partial charge is 0.496 e. The molecule has 1 N–H and O–H groups in total. The Labute approximate surface area is 198 Å². The molecule has 0 aliphatic rings. The van der Waals surface area contributed by atoms with Crippen LogP contribution in [0.4, 0.5) is 0 Å². The predicted octanol–water partition coefficient (Wildman–Crippen LogP) is 4.18. The number of rotatable bonds is 11. The molecule has 2 aromatic rings. The van der Waals surface area contributed by atoms with E-state index in [1.165, 1.54) is 4.90 Å². The molecule has 0 heterocycles. The monoisotopic (exact) mass is 506 g/mol. The summed E-state index contributed by atoms with van der Waals surface area (Å²) in [6, 6.07) is 12.1. The number of hydrogen-bond acceptors (Lipinski definition) is 5. The van der Waals surface area contributed by atoms with E-state index in [1.54, 1.807) is 39.3 Å². The molecule has 0 aromatic heterocycles. The Morgan fingerprint density at radius 2 is 1.66 bits per heavy atom. The maximum absolute atomic E-state index is 13.2. The minimum Gasteiger partial charge on any atom is -0.496 e. The summed E-state index contributed by atoms with van der Waals surface area (Å²) >= 11 is 3.45. The molecule has 0 radical (unpaired) electrons. The fourth-order valence-electron chi connectivity index (χ4n) is 2.97. The number of hydrogen-bond donors (Lipinski definition) is 1. The molecule has 0 fully saturated rings. The maximum Gasteiger partial charge on any atom is 0.261 e. The molecule has 174 valence electrons. The Hall–Kier alpha value is -2.74. The topological polar surface area (TPSA) is 77.1 Å². The minimum atomic E-state index is -0.668. The number of nitrogens with zero attached hydrogens (tertiary/aromatic N) is 1. The highest BCUT2D eigenvalue weighted by Crippen LogP contribution is 2.27. The first kappa shape index (κ1) is 25.5. The van der Waals surface area contributed by atoms with Crippen molar-refractivity contribution in [2.75, 3.05) is 20.8 Å². The second kappa shape index (κ2) is 12.3. The number of ether oxygens (including phenoxy) is 3. The van der Waals surface area contributed by atoms with Crippen molar-refractivity contribution in [2.45, 2.75) is 45.8 Å². The number of methoxy groups -OCH3 is 2. The molecule has 0 spiro atoms. The zero-order valence-electron chi connectivity index (χ0n) is 19.2. The van der Waals surface area contributed by atoms with Gasteiger partial charge in [-0.3, -0.25) is 9.59 Å². The van der Waals surface area contributed by atoms with Gasteiger partial charge in [0.25, 0.3) is 5.91 Å². The van der Waals surface area contributed by atoms with Crippen LogP contribution >= 0.6 is 15.9 Å². The van der Waals surface area contributed by atoms with Gasteiger partial charge in [0.05, 0.1) is 14.2 Å². The highest BCUT2D eigenvalue weighted by molar-refractivity contribution is 9.10. The second-order valence-corrected chi connectivity index (χ2v) is 8.40. The normalized spacial score (nSPS) is 12.4. The van der Waals surface area contributed by atoms with E-state index in [0.717, 1.165) is 16.5 Å². The molecule has 2 aromatic carbocycles. The van der Waals surface area contributed by atoms with Gasteiger partial charge in [0.15, 0.2) is 6.61 Å². The molecule has 0 aliphatic carbocycles. The average Bonchev–Trinajstić information content (AvgIpc) is 2.80. The van der Waals surface area contributed by atoms with Crippen molar-refractivity contribution in [3.63, 3.8) is 0 Å². The Kier molecular flexibility index (Phi) is 9.84. The van der Waals surface area contributed by atoms with Gasteiger partial charge in [-0.25, -0.2) is 0 Å². The molecule has 2 atom stereocenters. The van der Waals surface area contributed by atoms with Crippen molar-refractivity contribution in [3.05, 3.63) is 52.5 Å². The van der Waals surface area contributed by atoms with Crippen molar-refractivity contribution in [3.8, 4) is 17.2 Å². The maximum atomic E-state index is 13.2. The first-order valence-corrected chi connectivity index (χ1v) is 11.3. The lowest BCUT2D eigenvalue weighted by atomic mass is 10.1. The lowest BCUT2D eigenvalue weighted by molar-refractivity contribution is -0.142. The van der Waals surface area contributed by atoms with E-state index in [2.05, 4.69) is 21.2 Å². The summed E-state index contributed by atoms with van der Waals surface area (Å²) in [6.07, 6.45) is 0.804. The Balaban J connectivity index is 2.20. The fourth-order valence-corrected chi connectivity index (χ4v) is 3.42. The first-order valence-electron chi connectivity index (χ1n) is 10.5. The zero-order valence-corrected chi connectivity index (χ0v) is 20.8. The summed E-state index contributed by atoms with van der Waals surface area (Å²) in [5.74, 6) is 1.04. The van der Waals surface area contributed by atoms with Gasteiger partial charge in [-0.1, -0.05) is 35.0 Å². The summed E-state index contributed by atoms with van der Waals surface area (Å²) in [5, 5.41) is 2.95. The Morgan fingerprint density at radius 1 is 1.03 bits per heavy atom. The van der Waals surface area contributed by atoms with E-state index < -0.39 is 6.04 Å². The number of amides is 2. The quantitative estimate of drug-likeness (QED) is 0.494. The number of nitrogens with one attached hydrogen (secondary N) is 1. The molecule has 7 nitrogen and oxygen atoms in total. The van der Waals surface area contributed by atoms with E-state index in [0.29, 0.717) is 17.2 Å². The Bertz CT molecular complexity index is 899. The van der Waals surface area contributed by atoms with Crippen LogP contribution in [0.25, 0.3) is 0 Å². The molecule has 2 amide bonds. The van der Waals surface area contributed by atoms with Crippen LogP contribution in [0.2, 0.25) is 0 Å². The molecule has 2 rings (SSSR count). The molecule has 0 bridgehead atoms. The summed E-state index contributed by atoms with van der Waals surface area (Å²) < 4.78 is 17.1. The van der Waals surface area contributed by atoms with E-state index >= 15 is 0 Å². The van der Waals surface area contributed by atoms with E-state index in [1.807, 2.05) is 38.1 Å². The lowest BCUT2D eigenvalue weighted by Crippen LogP contribution is -2.50. The van der Waals surface area contributed by atoms with Gasteiger partial charge in [0.2, 0.25) is 5.91 Å². The zero-order chi connectivity index (χ0) is 23.7. The van der Waals surface area contributed by atoms with Gasteiger partial charge in [0.1, 0.15) is 23.3 Å². The van der Waals surface area contributed by atoms with Gasteiger partial charge in [-0.15, -0.1) is 0 Å². The molecule has 32 heavy (non-hydrogen) atoms. The van der Waals surface area contributed by atoms with Crippen LogP contribution in [-0.2, 0) is 16.1 Å². The number of halogens is 1. The van der Waals surface area contributed by atoms with Crippen LogP contribution in [0.1, 0.15) is 32.8 Å². The van der Waals surface area contributed by atoms with Crippen molar-refractivity contribution >= 4 is 27.7 Å². The van der Waals surface area contributed by atoms with E-state index in [4.69, 9.17) is 14.2 Å². The van der Waals surface area contributed by atoms with Crippen LogP contribution in [-0.4, -0.2) is 49.6 Å². The molecule has 0 saturated carbocycles. The first-order chi connectivity index (χ1) is 15.3. The number of carbonyl (C=O) groups is 2. The van der Waals surface area contributed by atoms with Crippen LogP contribution < -0.4 is 19.5 Å². The average molecular weight is 507 g/mol. The van der Waals surface area contributed by atoms with Gasteiger partial charge in [-0.05, 0) is 38.0 Å². The third kappa shape index (κ3) is 7.44. The van der Waals surface area contributed by atoms with Crippen molar-refractivity contribution in [1.82, 2.24) is 10.2 Å². The standard InChI is InChI=1S/C24H31BrN2O5/c1-6-16(2)26-24(29)17(3)27(14-18-8-7-9-19(25)10-18)23(28)15-32-22-12-20(30-4)11-21(13-22)31-5/h7-13,16-17H,6,14-15H2,1-5H3,(H,26,29). The van der Waals surface area contributed by atoms with Gasteiger partial charge < -0.3 is 24.4 Å². The predicted molar refractivity (Wildman–Crippen MR) is 127 cm³/mol. The van der Waals surface area contributed by atoms with Crippen LogP contribution in [0, 0.1) is 0 Å². The number of carbonyl (C=O) groups excluding carboxylic acids is 2. The SMILES string of the molecule is CCC(C)NC(=O)C(C)N(Cc1cccc(Br)c1)C(=O)COc1cc(OC)cc(OC)c1. The fraction of sp³-hybridized carbons (Fsp3) is 0.417. The van der Waals surface area contributed by atoms with Crippen molar-refractivity contribution < 1.29 is 23.8 Å². The third-order valence-electron chi connectivity index (χ3n) is 5.10. The molecule has 0 saturated heterocycles. The summed E-state index contributed by atoms with van der Waals surface area (Å²) in [4.78, 5) is 27.5. The minimum absolute atomic E-state index is 0.0215. The van der Waals surface area contributed by atoms with Gasteiger partial charge in [0, 0.05) is 35.3 Å². The second-order valence-electron chi connectivity index (χ2n) is 7.48. The summed E-state index contributed by atoms with van der Waals surface area (Å²) in [5.41, 5.74) is 0.902. The van der Waals surface area contributed by atoms with Crippen molar-refractivity contribution in [2.24, 2.45) is 0 Å². The smallest absolute Gasteiger partial charge is 0.261 e. The number of benzene rings is 2. The molecule has 2 unspecified atom stereocenters. The molecular weight excluding hydrogens is 476 g/mol. The van der Waals surface area contributed by atoms with Crippen molar-refractivity contribution in [1.29, 1.82) is 0 Å². The van der Waals surface area contributed by atoms with Gasteiger partial charge in [-0.2, -0.15) is 0 Å². The lowest BCUT2D eigenvalue weighted by Gasteiger charge is -2.29. The highest BCUT2D eigenvalue weighted by Gasteiger charge is 2.27. The third-order valence-corrected chi connectivity index (χ3v) is 5.59. The van der Waals surface area contributed by atoms with Gasteiger partial charge >= 0.3 is 0 Å². The molecular formula is C24H31BrN2O5. The molecule has 8 heteroatoms. The molecule has 0 aliphatic heterocycles. The van der Waals surface area contributed by atoms with Crippen LogP contribution in [0.3, 0.4) is 0 Å². The van der Waals surface area contributed by atoms with E-state index in [9.17, 15) is 9.59 Å². The highest BCUT2D eigenvalue weighted by atomic mass is 79.9. The van der Waals surface area contributed by atoms with Crippen LogP contribution in [0.5, 0.6) is 17.2 Å². The Morgan fingerprint density at radius 3 is 2.22 bits per heavy atom. The van der Waals surface area contributed by atoms with E-state index in [-0.39, 0.29) is 31.0 Å². The van der Waals surface area contributed by atoms with Crippen LogP contribution in [0.15, 0.2) is 46.9 Å². The summed E-state index contributed by atoms with van der Waals surface area (Å²) in [7, 11) is 3.09.